The summed E-state index contributed by atoms with van der Waals surface area (Å²) in [4.78, 5) is 0. The van der Waals surface area contributed by atoms with Gasteiger partial charge < -0.3 is 20.3 Å². The van der Waals surface area contributed by atoms with Crippen molar-refractivity contribution in [2.24, 2.45) is 0 Å². The first-order chi connectivity index (χ1) is 8.10. The number of aliphatic hydroxyl groups is 2. The van der Waals surface area contributed by atoms with Crippen molar-refractivity contribution in [1.29, 1.82) is 0 Å². The lowest BCUT2D eigenvalue weighted by Crippen LogP contribution is -2.24. The molecule has 0 aromatic heterocycles. The highest BCUT2D eigenvalue weighted by Crippen LogP contribution is 2.24. The number of methoxy groups -OCH3 is 1. The fraction of sp³-hybridized carbons (Fsp3) is 0.500. The number of aliphatic hydroxyl groups excluding tert-OH is 2. The molecule has 4 nitrogen and oxygen atoms in total. The second-order valence-electron chi connectivity index (χ2n) is 3.79. The Morgan fingerprint density at radius 1 is 1.41 bits per heavy atom. The second kappa shape index (κ2) is 6.54. The first-order valence-electron chi connectivity index (χ1n) is 5.44. The summed E-state index contributed by atoms with van der Waals surface area (Å²) in [5.74, 6) is -0.205. The summed E-state index contributed by atoms with van der Waals surface area (Å²) in [7, 11) is 3.18. The molecule has 0 saturated carbocycles. The molecule has 96 valence electrons. The van der Waals surface area contributed by atoms with E-state index in [1.807, 2.05) is 0 Å². The van der Waals surface area contributed by atoms with Gasteiger partial charge >= 0.3 is 0 Å². The van der Waals surface area contributed by atoms with Crippen LogP contribution in [0.15, 0.2) is 18.2 Å². The van der Waals surface area contributed by atoms with Crippen LogP contribution >= 0.6 is 0 Å². The summed E-state index contributed by atoms with van der Waals surface area (Å²) in [5, 5.41) is 22.3. The average Bonchev–Trinajstić information content (AvgIpc) is 2.34. The Labute approximate surface area is 100 Å². The molecule has 0 fully saturated rings. The van der Waals surface area contributed by atoms with Crippen molar-refractivity contribution in [1.82, 2.24) is 5.32 Å². The molecule has 5 heteroatoms. The topological polar surface area (TPSA) is 61.7 Å². The second-order valence-corrected chi connectivity index (χ2v) is 3.79. The van der Waals surface area contributed by atoms with Crippen molar-refractivity contribution in [2.75, 3.05) is 20.7 Å². The molecule has 0 amide bonds. The van der Waals surface area contributed by atoms with E-state index in [1.165, 1.54) is 19.2 Å². The lowest BCUT2D eigenvalue weighted by Gasteiger charge is -2.18. The van der Waals surface area contributed by atoms with Crippen LogP contribution in [-0.4, -0.2) is 37.0 Å². The number of halogens is 1. The van der Waals surface area contributed by atoms with E-state index in [1.54, 1.807) is 13.1 Å². The number of nitrogens with one attached hydrogen (secondary N) is 1. The van der Waals surface area contributed by atoms with Gasteiger partial charge in [-0.2, -0.15) is 0 Å². The molecule has 0 aliphatic rings. The third-order valence-electron chi connectivity index (χ3n) is 2.58. The minimum absolute atomic E-state index is 0.0782. The summed E-state index contributed by atoms with van der Waals surface area (Å²) >= 11 is 0. The molecule has 0 aliphatic carbocycles. The minimum Gasteiger partial charge on any atom is -0.497 e. The van der Waals surface area contributed by atoms with E-state index in [2.05, 4.69) is 5.32 Å². The summed E-state index contributed by atoms with van der Waals surface area (Å²) in [6.07, 6.45) is -1.87. The van der Waals surface area contributed by atoms with E-state index in [4.69, 9.17) is 4.74 Å². The molecule has 0 bridgehead atoms. The molecule has 3 N–H and O–H groups in total. The third-order valence-corrected chi connectivity index (χ3v) is 2.58. The lowest BCUT2D eigenvalue weighted by molar-refractivity contribution is 0.0120. The predicted octanol–water partition coefficient (Wildman–Crippen LogP) is 0.838. The maximum atomic E-state index is 13.6. The van der Waals surface area contributed by atoms with Gasteiger partial charge in [0.2, 0.25) is 0 Å². The Morgan fingerprint density at radius 3 is 2.65 bits per heavy atom. The van der Waals surface area contributed by atoms with E-state index in [0.717, 1.165) is 0 Å². The Bertz CT molecular complexity index is 360. The van der Waals surface area contributed by atoms with E-state index in [9.17, 15) is 14.6 Å². The summed E-state index contributed by atoms with van der Waals surface area (Å²) in [5.41, 5.74) is 0.0782. The summed E-state index contributed by atoms with van der Waals surface area (Å²) in [6, 6.07) is 4.15. The summed E-state index contributed by atoms with van der Waals surface area (Å²) < 4.78 is 18.5. The number of ether oxygens (including phenoxy) is 1. The Balaban J connectivity index is 2.77. The van der Waals surface area contributed by atoms with Gasteiger partial charge in [-0.25, -0.2) is 4.39 Å². The maximum Gasteiger partial charge on any atom is 0.132 e. The zero-order valence-corrected chi connectivity index (χ0v) is 9.98. The molecule has 0 saturated heterocycles. The largest absolute Gasteiger partial charge is 0.497 e. The molecule has 0 aliphatic heterocycles. The van der Waals surface area contributed by atoms with Gasteiger partial charge in [-0.05, 0) is 32.1 Å². The van der Waals surface area contributed by atoms with Crippen LogP contribution in [0.1, 0.15) is 18.1 Å². The fourth-order valence-electron chi connectivity index (χ4n) is 1.53. The zero-order chi connectivity index (χ0) is 12.8. The van der Waals surface area contributed by atoms with Crippen LogP contribution in [0.2, 0.25) is 0 Å². The van der Waals surface area contributed by atoms with Gasteiger partial charge in [0, 0.05) is 11.6 Å². The van der Waals surface area contributed by atoms with Gasteiger partial charge in [-0.15, -0.1) is 0 Å². The molecule has 1 rings (SSSR count). The number of hydrogen-bond acceptors (Lipinski definition) is 4. The average molecular weight is 243 g/mol. The predicted molar refractivity (Wildman–Crippen MR) is 62.5 cm³/mol. The van der Waals surface area contributed by atoms with Crippen LogP contribution in [0, 0.1) is 5.82 Å². The first kappa shape index (κ1) is 13.9. The van der Waals surface area contributed by atoms with E-state index in [-0.39, 0.29) is 5.56 Å². The van der Waals surface area contributed by atoms with Gasteiger partial charge in [0.05, 0.1) is 13.2 Å². The van der Waals surface area contributed by atoms with Crippen molar-refractivity contribution in [3.05, 3.63) is 29.6 Å². The van der Waals surface area contributed by atoms with Gasteiger partial charge in [0.15, 0.2) is 0 Å². The van der Waals surface area contributed by atoms with Crippen molar-refractivity contribution in [2.45, 2.75) is 18.6 Å². The van der Waals surface area contributed by atoms with Crippen LogP contribution in [0.5, 0.6) is 5.75 Å². The number of hydrogen-bond donors (Lipinski definition) is 3. The highest BCUT2D eigenvalue weighted by Gasteiger charge is 2.21. The molecular formula is C12H18FNO3. The number of rotatable bonds is 6. The van der Waals surface area contributed by atoms with Crippen LogP contribution < -0.4 is 10.1 Å². The maximum absolute atomic E-state index is 13.6. The van der Waals surface area contributed by atoms with Crippen molar-refractivity contribution < 1.29 is 19.3 Å². The Hall–Kier alpha value is -1.17. The molecule has 0 radical (unpaired) electrons. The molecule has 0 spiro atoms. The minimum atomic E-state index is -1.23. The standard InChI is InChI=1S/C12H18FNO3/c1-14-6-5-11(15)12(16)9-4-3-8(17-2)7-10(9)13/h3-4,7,11-12,14-16H,5-6H2,1-2H3. The molecule has 2 unspecified atom stereocenters. The van der Waals surface area contributed by atoms with Crippen molar-refractivity contribution >= 4 is 0 Å². The van der Waals surface area contributed by atoms with Gasteiger partial charge in [0.1, 0.15) is 17.7 Å². The molecule has 1 aromatic carbocycles. The Kier molecular flexibility index (Phi) is 5.34. The Morgan fingerprint density at radius 2 is 2.12 bits per heavy atom. The van der Waals surface area contributed by atoms with Gasteiger partial charge in [-0.1, -0.05) is 0 Å². The SMILES string of the molecule is CNCCC(O)C(O)c1ccc(OC)cc1F. The smallest absolute Gasteiger partial charge is 0.132 e. The third kappa shape index (κ3) is 3.66. The molecule has 1 aromatic rings. The fourth-order valence-corrected chi connectivity index (χ4v) is 1.53. The molecule has 2 atom stereocenters. The summed E-state index contributed by atoms with van der Waals surface area (Å²) in [6.45, 7) is 0.552. The molecular weight excluding hydrogens is 225 g/mol. The monoisotopic (exact) mass is 243 g/mol. The quantitative estimate of drug-likeness (QED) is 0.693. The van der Waals surface area contributed by atoms with Crippen LogP contribution in [0.25, 0.3) is 0 Å². The first-order valence-corrected chi connectivity index (χ1v) is 5.44. The highest BCUT2D eigenvalue weighted by molar-refractivity contribution is 5.30. The van der Waals surface area contributed by atoms with Crippen molar-refractivity contribution in [3.8, 4) is 5.75 Å². The number of benzene rings is 1. The van der Waals surface area contributed by atoms with Crippen LogP contribution in [0.4, 0.5) is 4.39 Å². The highest BCUT2D eigenvalue weighted by atomic mass is 19.1. The van der Waals surface area contributed by atoms with Crippen molar-refractivity contribution in [3.63, 3.8) is 0 Å². The van der Waals surface area contributed by atoms with E-state index >= 15 is 0 Å². The van der Waals surface area contributed by atoms with Crippen LogP contribution in [0.3, 0.4) is 0 Å². The van der Waals surface area contributed by atoms with E-state index in [0.29, 0.717) is 18.7 Å². The van der Waals surface area contributed by atoms with E-state index < -0.39 is 18.0 Å². The normalized spacial score (nSPS) is 14.4. The molecule has 0 heterocycles. The lowest BCUT2D eigenvalue weighted by atomic mass is 10.0. The van der Waals surface area contributed by atoms with Crippen LogP contribution in [-0.2, 0) is 0 Å². The zero-order valence-electron chi connectivity index (χ0n) is 9.98. The van der Waals surface area contributed by atoms with Gasteiger partial charge in [-0.3, -0.25) is 0 Å². The van der Waals surface area contributed by atoms with Gasteiger partial charge in [0.25, 0.3) is 0 Å². The molecule has 17 heavy (non-hydrogen) atoms.